The number of carbonyl (C=O) groups excluding carboxylic acids is 1. The number of fused-ring (bicyclic) bond motifs is 1. The number of hydrogen-bond donors (Lipinski definition) is 0. The third-order valence-corrected chi connectivity index (χ3v) is 8.30. The molecule has 2 aliphatic heterocycles. The van der Waals surface area contributed by atoms with Gasteiger partial charge in [0.1, 0.15) is 5.82 Å². The van der Waals surface area contributed by atoms with E-state index >= 15 is 0 Å². The first-order chi connectivity index (χ1) is 13.9. The van der Waals surface area contributed by atoms with Gasteiger partial charge < -0.3 is 4.90 Å². The van der Waals surface area contributed by atoms with Crippen molar-refractivity contribution in [3.63, 3.8) is 0 Å². The van der Waals surface area contributed by atoms with Crippen molar-refractivity contribution in [2.24, 2.45) is 4.99 Å². The van der Waals surface area contributed by atoms with Crippen molar-refractivity contribution in [3.8, 4) is 0 Å². The minimum atomic E-state index is -3.13. The lowest BCUT2D eigenvalue weighted by Crippen LogP contribution is -2.37. The van der Waals surface area contributed by atoms with Gasteiger partial charge in [0.15, 0.2) is 15.0 Å². The van der Waals surface area contributed by atoms with E-state index in [1.165, 1.54) is 29.5 Å². The molecular weight excluding hydrogens is 411 g/mol. The number of amides is 1. The number of benzene rings is 2. The van der Waals surface area contributed by atoms with Crippen LogP contribution < -0.4 is 4.90 Å². The Bertz CT molecular complexity index is 1020. The van der Waals surface area contributed by atoms with Gasteiger partial charge in [-0.3, -0.25) is 4.79 Å². The molecule has 5 nitrogen and oxygen atoms in total. The predicted molar refractivity (Wildman–Crippen MR) is 115 cm³/mol. The molecule has 2 aromatic carbocycles. The lowest BCUT2D eigenvalue weighted by Gasteiger charge is -2.24. The third-order valence-electron chi connectivity index (χ3n) is 5.09. The lowest BCUT2D eigenvalue weighted by atomic mass is 10.1. The van der Waals surface area contributed by atoms with Crippen molar-refractivity contribution < 1.29 is 17.6 Å². The molecule has 4 rings (SSSR count). The van der Waals surface area contributed by atoms with Gasteiger partial charge in [0.2, 0.25) is 5.91 Å². The Morgan fingerprint density at radius 3 is 2.55 bits per heavy atom. The standard InChI is InChI=1S/C21H21FN2O3S2/c22-16-9-11-17(12-10-16)24-18-13-29(26,27)14-19(18)28-21(24)23-20(25)8-4-7-15-5-2-1-3-6-15/h1-3,5-6,9-12,18-19H,4,7-8,13-14H2/t18-,19-/m1/s1. The summed E-state index contributed by atoms with van der Waals surface area (Å²) in [7, 11) is -3.13. The van der Waals surface area contributed by atoms with E-state index in [9.17, 15) is 17.6 Å². The molecule has 0 radical (unpaired) electrons. The molecule has 0 spiro atoms. The van der Waals surface area contributed by atoms with Gasteiger partial charge in [-0.15, -0.1) is 0 Å². The minimum Gasteiger partial charge on any atom is -0.316 e. The van der Waals surface area contributed by atoms with Crippen molar-refractivity contribution in [1.29, 1.82) is 0 Å². The zero-order valence-electron chi connectivity index (χ0n) is 15.7. The first-order valence-electron chi connectivity index (χ1n) is 9.49. The number of sulfone groups is 1. The maximum Gasteiger partial charge on any atom is 0.248 e. The van der Waals surface area contributed by atoms with Crippen molar-refractivity contribution in [2.45, 2.75) is 30.6 Å². The smallest absolute Gasteiger partial charge is 0.248 e. The van der Waals surface area contributed by atoms with Gasteiger partial charge in [0, 0.05) is 17.4 Å². The van der Waals surface area contributed by atoms with Gasteiger partial charge in [0.05, 0.1) is 17.5 Å². The second-order valence-corrected chi connectivity index (χ2v) is 10.6. The molecule has 2 fully saturated rings. The lowest BCUT2D eigenvalue weighted by molar-refractivity contribution is -0.117. The molecule has 2 atom stereocenters. The summed E-state index contributed by atoms with van der Waals surface area (Å²) in [6.45, 7) is 0. The summed E-state index contributed by atoms with van der Waals surface area (Å²) in [6.07, 6.45) is 1.82. The van der Waals surface area contributed by atoms with E-state index in [-0.39, 0.29) is 34.5 Å². The van der Waals surface area contributed by atoms with Crippen LogP contribution in [0.4, 0.5) is 10.1 Å². The van der Waals surface area contributed by atoms with Gasteiger partial charge in [-0.05, 0) is 42.7 Å². The average molecular weight is 433 g/mol. The summed E-state index contributed by atoms with van der Waals surface area (Å²) < 4.78 is 37.5. The molecule has 1 amide bonds. The summed E-state index contributed by atoms with van der Waals surface area (Å²) in [6, 6.07) is 15.5. The molecule has 2 saturated heterocycles. The van der Waals surface area contributed by atoms with Gasteiger partial charge in [0.25, 0.3) is 0 Å². The van der Waals surface area contributed by atoms with Crippen LogP contribution in [0.15, 0.2) is 59.6 Å². The molecule has 2 aromatic rings. The van der Waals surface area contributed by atoms with Crippen LogP contribution in [0.3, 0.4) is 0 Å². The number of amidine groups is 1. The Morgan fingerprint density at radius 2 is 1.83 bits per heavy atom. The fourth-order valence-corrected chi connectivity index (χ4v) is 7.65. The van der Waals surface area contributed by atoms with Crippen LogP contribution in [0, 0.1) is 5.82 Å². The Labute approximate surface area is 173 Å². The van der Waals surface area contributed by atoms with Gasteiger partial charge >= 0.3 is 0 Å². The topological polar surface area (TPSA) is 66.8 Å². The largest absolute Gasteiger partial charge is 0.316 e. The molecule has 0 saturated carbocycles. The first kappa shape index (κ1) is 20.1. The minimum absolute atomic E-state index is 0.0171. The SMILES string of the molecule is O=C(CCCc1ccccc1)N=C1S[C@@H]2CS(=O)(=O)C[C@H]2N1c1ccc(F)cc1. The van der Waals surface area contributed by atoms with E-state index in [2.05, 4.69) is 4.99 Å². The van der Waals surface area contributed by atoms with E-state index in [4.69, 9.17) is 0 Å². The van der Waals surface area contributed by atoms with E-state index in [1.807, 2.05) is 30.3 Å². The molecule has 0 aromatic heterocycles. The molecule has 0 unspecified atom stereocenters. The van der Waals surface area contributed by atoms with Gasteiger partial charge in [-0.2, -0.15) is 4.99 Å². The van der Waals surface area contributed by atoms with Crippen molar-refractivity contribution >= 4 is 38.4 Å². The number of anilines is 1. The summed E-state index contributed by atoms with van der Waals surface area (Å²) in [5.74, 6) is -0.505. The van der Waals surface area contributed by atoms with Gasteiger partial charge in [-0.25, -0.2) is 12.8 Å². The van der Waals surface area contributed by atoms with Crippen LogP contribution in [-0.4, -0.2) is 42.3 Å². The number of aliphatic imine (C=N–C) groups is 1. The number of nitrogens with zero attached hydrogens (tertiary/aromatic N) is 2. The van der Waals surface area contributed by atoms with Crippen LogP contribution in [0.1, 0.15) is 18.4 Å². The van der Waals surface area contributed by atoms with Gasteiger partial charge in [-0.1, -0.05) is 42.1 Å². The average Bonchev–Trinajstić information content (AvgIpc) is 3.14. The first-order valence-corrected chi connectivity index (χ1v) is 12.2. The number of thioether (sulfide) groups is 1. The highest BCUT2D eigenvalue weighted by molar-refractivity contribution is 8.16. The van der Waals surface area contributed by atoms with Crippen LogP contribution in [0.25, 0.3) is 0 Å². The molecule has 152 valence electrons. The fraction of sp³-hybridized carbons (Fsp3) is 0.333. The normalized spacial score (nSPS) is 24.0. The molecule has 0 N–H and O–H groups in total. The Morgan fingerprint density at radius 1 is 1.10 bits per heavy atom. The Balaban J connectivity index is 1.50. The highest BCUT2D eigenvalue weighted by atomic mass is 32.2. The van der Waals surface area contributed by atoms with E-state index in [0.717, 1.165) is 6.42 Å². The van der Waals surface area contributed by atoms with E-state index in [0.29, 0.717) is 23.7 Å². The second kappa shape index (κ2) is 8.28. The molecule has 2 aliphatic rings. The quantitative estimate of drug-likeness (QED) is 0.724. The van der Waals surface area contributed by atoms with E-state index < -0.39 is 9.84 Å². The molecular formula is C21H21FN2O3S2. The number of rotatable bonds is 5. The summed E-state index contributed by atoms with van der Waals surface area (Å²) in [5, 5.41) is 0.340. The predicted octanol–water partition coefficient (Wildman–Crippen LogP) is 3.45. The number of hydrogen-bond acceptors (Lipinski definition) is 4. The zero-order chi connectivity index (χ0) is 20.4. The number of aryl methyl sites for hydroxylation is 1. The zero-order valence-corrected chi connectivity index (χ0v) is 17.3. The van der Waals surface area contributed by atoms with Crippen LogP contribution >= 0.6 is 11.8 Å². The Hall–Kier alpha value is -2.19. The Kier molecular flexibility index (Phi) is 5.74. The summed E-state index contributed by atoms with van der Waals surface area (Å²) in [5.41, 5.74) is 1.83. The number of carbonyl (C=O) groups is 1. The fourth-order valence-electron chi connectivity index (χ4n) is 3.72. The third kappa shape index (κ3) is 4.70. The molecule has 0 bridgehead atoms. The highest BCUT2D eigenvalue weighted by Gasteiger charge is 2.49. The van der Waals surface area contributed by atoms with Crippen molar-refractivity contribution in [2.75, 3.05) is 16.4 Å². The maximum absolute atomic E-state index is 13.3. The number of halogens is 1. The monoisotopic (exact) mass is 432 g/mol. The molecule has 2 heterocycles. The highest BCUT2D eigenvalue weighted by Crippen LogP contribution is 2.41. The molecule has 0 aliphatic carbocycles. The summed E-state index contributed by atoms with van der Waals surface area (Å²) >= 11 is 1.33. The van der Waals surface area contributed by atoms with Crippen LogP contribution in [0.2, 0.25) is 0 Å². The summed E-state index contributed by atoms with van der Waals surface area (Å²) in [4.78, 5) is 18.5. The van der Waals surface area contributed by atoms with Crippen molar-refractivity contribution in [3.05, 3.63) is 66.0 Å². The van der Waals surface area contributed by atoms with E-state index in [1.54, 1.807) is 17.0 Å². The molecule has 29 heavy (non-hydrogen) atoms. The maximum atomic E-state index is 13.3. The van der Waals surface area contributed by atoms with Crippen molar-refractivity contribution in [1.82, 2.24) is 0 Å². The molecule has 8 heteroatoms. The second-order valence-electron chi connectivity index (χ2n) is 7.27. The van der Waals surface area contributed by atoms with Crippen LogP contribution in [-0.2, 0) is 21.1 Å². The van der Waals surface area contributed by atoms with Crippen LogP contribution in [0.5, 0.6) is 0 Å².